The molecule has 0 bridgehead atoms. The SMILES string of the molecule is CC(=O)NC([C@@H]1[C@@H](O)[C@@H](O)CN1CCC(N)=O)N1CCCC1. The van der Waals surface area contributed by atoms with Crippen LogP contribution < -0.4 is 11.1 Å². The van der Waals surface area contributed by atoms with Crippen molar-refractivity contribution in [2.24, 2.45) is 5.73 Å². The van der Waals surface area contributed by atoms with Crippen LogP contribution in [0, 0.1) is 0 Å². The number of amides is 2. The highest BCUT2D eigenvalue weighted by atomic mass is 16.3. The molecule has 0 radical (unpaired) electrons. The summed E-state index contributed by atoms with van der Waals surface area (Å²) in [6, 6.07) is -0.448. The van der Waals surface area contributed by atoms with Crippen LogP contribution in [-0.2, 0) is 9.59 Å². The van der Waals surface area contributed by atoms with E-state index >= 15 is 0 Å². The highest BCUT2D eigenvalue weighted by Crippen LogP contribution is 2.25. The number of primary amides is 1. The number of nitrogens with zero attached hydrogens (tertiary/aromatic N) is 2. The topological polar surface area (TPSA) is 119 Å². The molecule has 126 valence electrons. The normalized spacial score (nSPS) is 31.3. The third kappa shape index (κ3) is 3.95. The Kier molecular flexibility index (Phi) is 5.74. The Bertz CT molecular complexity index is 414. The van der Waals surface area contributed by atoms with Gasteiger partial charge in [-0.25, -0.2) is 0 Å². The number of carbonyl (C=O) groups is 2. The van der Waals surface area contributed by atoms with E-state index in [0.29, 0.717) is 6.54 Å². The van der Waals surface area contributed by atoms with Crippen molar-refractivity contribution in [2.75, 3.05) is 26.2 Å². The van der Waals surface area contributed by atoms with Gasteiger partial charge in [-0.1, -0.05) is 0 Å². The molecule has 2 aliphatic heterocycles. The quantitative estimate of drug-likeness (QED) is 0.443. The van der Waals surface area contributed by atoms with E-state index in [4.69, 9.17) is 5.73 Å². The van der Waals surface area contributed by atoms with Gasteiger partial charge in [-0.3, -0.25) is 19.4 Å². The Morgan fingerprint density at radius 1 is 1.32 bits per heavy atom. The average Bonchev–Trinajstić information content (AvgIpc) is 3.04. The van der Waals surface area contributed by atoms with Crippen LogP contribution in [0.5, 0.6) is 0 Å². The highest BCUT2D eigenvalue weighted by Gasteiger charge is 2.46. The van der Waals surface area contributed by atoms with Gasteiger partial charge in [0.1, 0.15) is 6.17 Å². The average molecular weight is 314 g/mol. The molecule has 5 N–H and O–H groups in total. The molecule has 2 heterocycles. The predicted octanol–water partition coefficient (Wildman–Crippen LogP) is -2.17. The maximum Gasteiger partial charge on any atom is 0.218 e. The van der Waals surface area contributed by atoms with Gasteiger partial charge in [-0.15, -0.1) is 0 Å². The summed E-state index contributed by atoms with van der Waals surface area (Å²) in [6.07, 6.45) is 0.0101. The van der Waals surface area contributed by atoms with Gasteiger partial charge < -0.3 is 21.3 Å². The van der Waals surface area contributed by atoms with E-state index in [2.05, 4.69) is 10.2 Å². The molecule has 0 aromatic heterocycles. The minimum absolute atomic E-state index is 0.155. The van der Waals surface area contributed by atoms with Gasteiger partial charge in [0.25, 0.3) is 0 Å². The number of aliphatic hydroxyl groups is 2. The Balaban J connectivity index is 2.16. The van der Waals surface area contributed by atoms with E-state index in [0.717, 1.165) is 25.9 Å². The van der Waals surface area contributed by atoms with Crippen molar-refractivity contribution in [1.29, 1.82) is 0 Å². The number of hydrogen-bond acceptors (Lipinski definition) is 6. The number of nitrogens with one attached hydrogen (secondary N) is 1. The molecule has 0 aliphatic carbocycles. The summed E-state index contributed by atoms with van der Waals surface area (Å²) >= 11 is 0. The molecule has 8 heteroatoms. The lowest BCUT2D eigenvalue weighted by atomic mass is 10.1. The second-order valence-corrected chi connectivity index (χ2v) is 6.15. The fourth-order valence-electron chi connectivity index (χ4n) is 3.41. The number of likely N-dealkylation sites (tertiary alicyclic amines) is 2. The molecule has 0 aromatic rings. The zero-order valence-electron chi connectivity index (χ0n) is 12.9. The van der Waals surface area contributed by atoms with Crippen LogP contribution in [0.3, 0.4) is 0 Å². The fourth-order valence-corrected chi connectivity index (χ4v) is 3.41. The zero-order chi connectivity index (χ0) is 16.3. The predicted molar refractivity (Wildman–Crippen MR) is 79.6 cm³/mol. The molecule has 2 fully saturated rings. The van der Waals surface area contributed by atoms with E-state index in [9.17, 15) is 19.8 Å². The number of aliphatic hydroxyl groups excluding tert-OH is 2. The minimum atomic E-state index is -0.967. The van der Waals surface area contributed by atoms with Gasteiger partial charge in [0.05, 0.1) is 18.2 Å². The Morgan fingerprint density at radius 2 is 1.95 bits per heavy atom. The van der Waals surface area contributed by atoms with Crippen LogP contribution in [0.2, 0.25) is 0 Å². The molecular weight excluding hydrogens is 288 g/mol. The summed E-state index contributed by atoms with van der Waals surface area (Å²) in [6.45, 7) is 3.75. The van der Waals surface area contributed by atoms with Crippen LogP contribution in [-0.4, -0.2) is 82.4 Å². The molecular formula is C14H26N4O4. The molecule has 0 spiro atoms. The van der Waals surface area contributed by atoms with Crippen LogP contribution >= 0.6 is 0 Å². The molecule has 22 heavy (non-hydrogen) atoms. The third-order valence-corrected chi connectivity index (χ3v) is 4.44. The van der Waals surface area contributed by atoms with Crippen molar-refractivity contribution < 1.29 is 19.8 Å². The first kappa shape index (κ1) is 17.1. The Morgan fingerprint density at radius 3 is 2.50 bits per heavy atom. The molecule has 2 rings (SSSR count). The van der Waals surface area contributed by atoms with Crippen molar-refractivity contribution in [3.8, 4) is 0 Å². The van der Waals surface area contributed by atoms with Crippen molar-refractivity contribution in [3.05, 3.63) is 0 Å². The molecule has 0 saturated carbocycles. The Labute approximate surface area is 130 Å². The van der Waals surface area contributed by atoms with Gasteiger partial charge >= 0.3 is 0 Å². The summed E-state index contributed by atoms with van der Waals surface area (Å²) in [5, 5.41) is 23.2. The van der Waals surface area contributed by atoms with Gasteiger partial charge in [-0.05, 0) is 12.8 Å². The summed E-state index contributed by atoms with van der Waals surface area (Å²) < 4.78 is 0. The van der Waals surface area contributed by atoms with E-state index in [1.165, 1.54) is 6.92 Å². The molecule has 0 aromatic carbocycles. The second-order valence-electron chi connectivity index (χ2n) is 6.15. The number of carbonyl (C=O) groups excluding carboxylic acids is 2. The summed E-state index contributed by atoms with van der Waals surface area (Å²) in [7, 11) is 0. The maximum absolute atomic E-state index is 11.6. The van der Waals surface area contributed by atoms with Crippen molar-refractivity contribution >= 4 is 11.8 Å². The molecule has 2 aliphatic rings. The maximum atomic E-state index is 11.6. The van der Waals surface area contributed by atoms with E-state index < -0.39 is 24.2 Å². The van der Waals surface area contributed by atoms with Crippen molar-refractivity contribution in [2.45, 2.75) is 50.6 Å². The minimum Gasteiger partial charge on any atom is -0.389 e. The number of nitrogens with two attached hydrogens (primary N) is 1. The second kappa shape index (κ2) is 7.36. The molecule has 2 saturated heterocycles. The number of hydrogen-bond donors (Lipinski definition) is 4. The van der Waals surface area contributed by atoms with Gasteiger partial charge in [0.15, 0.2) is 0 Å². The molecule has 1 unspecified atom stereocenters. The smallest absolute Gasteiger partial charge is 0.218 e. The lowest BCUT2D eigenvalue weighted by molar-refractivity contribution is -0.123. The van der Waals surface area contributed by atoms with E-state index in [1.807, 2.05) is 4.90 Å². The van der Waals surface area contributed by atoms with Gasteiger partial charge in [-0.2, -0.15) is 0 Å². The molecule has 8 nitrogen and oxygen atoms in total. The largest absolute Gasteiger partial charge is 0.389 e. The lowest BCUT2D eigenvalue weighted by Crippen LogP contribution is -2.60. The third-order valence-electron chi connectivity index (χ3n) is 4.44. The van der Waals surface area contributed by atoms with Crippen LogP contribution in [0.4, 0.5) is 0 Å². The van der Waals surface area contributed by atoms with E-state index in [1.54, 1.807) is 0 Å². The summed E-state index contributed by atoms with van der Waals surface area (Å²) in [5.74, 6) is -0.604. The van der Waals surface area contributed by atoms with Gasteiger partial charge in [0.2, 0.25) is 11.8 Å². The zero-order valence-corrected chi connectivity index (χ0v) is 12.9. The molecule has 4 atom stereocenters. The first-order valence-corrected chi connectivity index (χ1v) is 7.80. The number of β-amino-alcohol motifs (C(OH)–C–C–N with tert-alkyl or cyclic N) is 1. The van der Waals surface area contributed by atoms with Crippen molar-refractivity contribution in [3.63, 3.8) is 0 Å². The first-order valence-electron chi connectivity index (χ1n) is 7.80. The van der Waals surface area contributed by atoms with Crippen LogP contribution in [0.1, 0.15) is 26.2 Å². The lowest BCUT2D eigenvalue weighted by Gasteiger charge is -2.38. The molecule has 2 amide bonds. The standard InChI is InChI=1S/C14H26N4O4/c1-9(19)16-14(17-5-2-3-6-17)12-13(22)10(20)8-18(12)7-4-11(15)21/h10,12-14,20,22H,2-8H2,1H3,(H2,15,21)(H,16,19)/t10-,12-,13-,14?/m0/s1. The number of rotatable bonds is 6. The monoisotopic (exact) mass is 314 g/mol. The van der Waals surface area contributed by atoms with E-state index in [-0.39, 0.29) is 25.0 Å². The van der Waals surface area contributed by atoms with Crippen molar-refractivity contribution in [1.82, 2.24) is 15.1 Å². The van der Waals surface area contributed by atoms with Gasteiger partial charge in [0, 0.05) is 39.5 Å². The summed E-state index contributed by atoms with van der Waals surface area (Å²) in [4.78, 5) is 26.5. The van der Waals surface area contributed by atoms with Crippen LogP contribution in [0.15, 0.2) is 0 Å². The van der Waals surface area contributed by atoms with Crippen LogP contribution in [0.25, 0.3) is 0 Å². The highest BCUT2D eigenvalue weighted by molar-refractivity contribution is 5.74. The Hall–Kier alpha value is -1.22. The first-order chi connectivity index (χ1) is 10.4. The summed E-state index contributed by atoms with van der Waals surface area (Å²) in [5.41, 5.74) is 5.19. The fraction of sp³-hybridized carbons (Fsp3) is 0.857.